The van der Waals surface area contributed by atoms with Crippen molar-refractivity contribution < 1.29 is 40.3 Å². The minimum Gasteiger partial charge on any atom is -0.457 e. The van der Waals surface area contributed by atoms with Crippen LogP contribution in [0.4, 0.5) is 32.0 Å². The van der Waals surface area contributed by atoms with E-state index in [-0.39, 0.29) is 22.8 Å². The van der Waals surface area contributed by atoms with Crippen LogP contribution in [-0.4, -0.2) is 12.3 Å². The molecule has 0 atom stereocenters. The van der Waals surface area contributed by atoms with Gasteiger partial charge < -0.3 is 14.5 Å². The molecule has 2 aromatic carbocycles. The molecule has 33 heavy (non-hydrogen) atoms. The first-order valence-electron chi connectivity index (χ1n) is 9.01. The van der Waals surface area contributed by atoms with E-state index in [0.717, 1.165) is 42.5 Å². The van der Waals surface area contributed by atoms with Crippen molar-refractivity contribution in [2.24, 2.45) is 0 Å². The van der Waals surface area contributed by atoms with Crippen molar-refractivity contribution in [3.63, 3.8) is 0 Å². The summed E-state index contributed by atoms with van der Waals surface area (Å²) in [7, 11) is 0. The number of anilines is 1. The van der Waals surface area contributed by atoms with E-state index in [9.17, 15) is 36.4 Å². The van der Waals surface area contributed by atoms with Gasteiger partial charge in [-0.2, -0.15) is 18.4 Å². The van der Waals surface area contributed by atoms with Crippen LogP contribution in [0.25, 0.3) is 17.4 Å². The van der Waals surface area contributed by atoms with Gasteiger partial charge in [-0.3, -0.25) is 4.79 Å². The predicted molar refractivity (Wildman–Crippen MR) is 104 cm³/mol. The number of nitriles is 1. The van der Waals surface area contributed by atoms with E-state index in [4.69, 9.17) is 4.42 Å². The van der Waals surface area contributed by atoms with E-state index in [1.54, 1.807) is 6.07 Å². The van der Waals surface area contributed by atoms with Gasteiger partial charge in [-0.15, -0.1) is 13.2 Å². The monoisotopic (exact) mass is 466 g/mol. The molecule has 0 unspecified atom stereocenters. The van der Waals surface area contributed by atoms with Crippen molar-refractivity contribution in [1.29, 1.82) is 5.26 Å². The van der Waals surface area contributed by atoms with Gasteiger partial charge in [0.25, 0.3) is 5.91 Å². The fourth-order valence-electron chi connectivity index (χ4n) is 2.66. The number of carbonyl (C=O) groups excluding carboxylic acids is 1. The second-order valence-corrected chi connectivity index (χ2v) is 6.48. The van der Waals surface area contributed by atoms with Crippen LogP contribution in [0.1, 0.15) is 11.3 Å². The molecule has 0 fully saturated rings. The number of alkyl halides is 6. The third kappa shape index (κ3) is 6.39. The molecule has 1 heterocycles. The van der Waals surface area contributed by atoms with E-state index in [2.05, 4.69) is 10.1 Å². The molecule has 1 amide bonds. The van der Waals surface area contributed by atoms with Crippen LogP contribution >= 0.6 is 0 Å². The Bertz CT molecular complexity index is 1220. The summed E-state index contributed by atoms with van der Waals surface area (Å²) in [5.41, 5.74) is -1.03. The van der Waals surface area contributed by atoms with Gasteiger partial charge >= 0.3 is 12.5 Å². The van der Waals surface area contributed by atoms with E-state index in [1.165, 1.54) is 24.3 Å². The maximum atomic E-state index is 12.9. The number of rotatable bonds is 5. The number of ether oxygens (including phenoxy) is 1. The van der Waals surface area contributed by atoms with E-state index in [1.807, 2.05) is 0 Å². The highest BCUT2D eigenvalue weighted by Crippen LogP contribution is 2.33. The van der Waals surface area contributed by atoms with E-state index in [0.29, 0.717) is 0 Å². The molecule has 0 aliphatic rings. The number of benzene rings is 2. The molecule has 3 rings (SSSR count). The Morgan fingerprint density at radius 3 is 2.30 bits per heavy atom. The number of nitrogens with one attached hydrogen (secondary N) is 1. The number of nitrogens with zero attached hydrogens (tertiary/aromatic N) is 1. The molecule has 1 aromatic heterocycles. The van der Waals surface area contributed by atoms with Gasteiger partial charge in [-0.1, -0.05) is 12.1 Å². The smallest absolute Gasteiger partial charge is 0.457 e. The summed E-state index contributed by atoms with van der Waals surface area (Å²) in [5, 5.41) is 11.6. The van der Waals surface area contributed by atoms with Crippen LogP contribution in [0.2, 0.25) is 0 Å². The molecule has 11 heteroatoms. The molecule has 3 aromatic rings. The van der Waals surface area contributed by atoms with E-state index < -0.39 is 35.3 Å². The lowest BCUT2D eigenvalue weighted by atomic mass is 10.1. The lowest BCUT2D eigenvalue weighted by Crippen LogP contribution is -2.17. The van der Waals surface area contributed by atoms with Crippen LogP contribution in [-0.2, 0) is 11.0 Å². The summed E-state index contributed by atoms with van der Waals surface area (Å²) in [5.74, 6) is -1.25. The van der Waals surface area contributed by atoms with Crippen molar-refractivity contribution in [2.45, 2.75) is 12.5 Å². The summed E-state index contributed by atoms with van der Waals surface area (Å²) >= 11 is 0. The van der Waals surface area contributed by atoms with Crippen molar-refractivity contribution >= 4 is 17.7 Å². The van der Waals surface area contributed by atoms with Gasteiger partial charge in [0.1, 0.15) is 28.9 Å². The third-order valence-electron chi connectivity index (χ3n) is 4.10. The molecule has 0 spiro atoms. The fourth-order valence-corrected chi connectivity index (χ4v) is 2.66. The molecular weight excluding hydrogens is 454 g/mol. The lowest BCUT2D eigenvalue weighted by Gasteiger charge is -2.09. The van der Waals surface area contributed by atoms with Crippen LogP contribution < -0.4 is 10.1 Å². The average Bonchev–Trinajstić information content (AvgIpc) is 3.20. The molecule has 1 N–H and O–H groups in total. The number of hydrogen-bond donors (Lipinski definition) is 1. The molecule has 0 saturated heterocycles. The van der Waals surface area contributed by atoms with Crippen molar-refractivity contribution in [3.8, 4) is 23.1 Å². The SMILES string of the molecule is N#C/C(=C\c1ccc(-c2cccc(C(F)(F)F)c2)o1)C(=O)Nc1ccc(OC(F)(F)F)cc1. The zero-order valence-electron chi connectivity index (χ0n) is 16.3. The highest BCUT2D eigenvalue weighted by atomic mass is 19.4. The van der Waals surface area contributed by atoms with Crippen LogP contribution in [0.5, 0.6) is 5.75 Å². The van der Waals surface area contributed by atoms with Gasteiger partial charge in [-0.05, 0) is 48.5 Å². The number of furan rings is 1. The van der Waals surface area contributed by atoms with Crippen molar-refractivity contribution in [3.05, 3.63) is 77.6 Å². The average molecular weight is 466 g/mol. The van der Waals surface area contributed by atoms with Crippen molar-refractivity contribution in [2.75, 3.05) is 5.32 Å². The standard InChI is InChI=1S/C22H12F6N2O3/c23-21(24,25)15-3-1-2-13(10-15)19-9-8-18(32-19)11-14(12-29)20(31)30-16-4-6-17(7-5-16)33-22(26,27)28/h1-11H,(H,30,31)/b14-11+. The molecule has 0 bridgehead atoms. The number of hydrogen-bond acceptors (Lipinski definition) is 4. The molecule has 0 aliphatic heterocycles. The molecule has 0 radical (unpaired) electrons. The predicted octanol–water partition coefficient (Wildman–Crippen LogP) is 6.41. The number of amides is 1. The highest BCUT2D eigenvalue weighted by molar-refractivity contribution is 6.09. The Morgan fingerprint density at radius 2 is 1.70 bits per heavy atom. The first-order chi connectivity index (χ1) is 15.4. The Labute approximate surface area is 182 Å². The van der Waals surface area contributed by atoms with Gasteiger partial charge in [0, 0.05) is 17.3 Å². The molecule has 5 nitrogen and oxygen atoms in total. The number of halogens is 6. The molecule has 0 saturated carbocycles. The Hall–Kier alpha value is -4.20. The number of carbonyl (C=O) groups is 1. The first-order valence-corrected chi connectivity index (χ1v) is 9.01. The van der Waals surface area contributed by atoms with Gasteiger partial charge in [0.2, 0.25) is 0 Å². The third-order valence-corrected chi connectivity index (χ3v) is 4.10. The molecule has 0 aliphatic carbocycles. The molecular formula is C22H12F6N2O3. The lowest BCUT2D eigenvalue weighted by molar-refractivity contribution is -0.274. The second kappa shape index (κ2) is 9.12. The highest BCUT2D eigenvalue weighted by Gasteiger charge is 2.31. The van der Waals surface area contributed by atoms with Gasteiger partial charge in [-0.25, -0.2) is 0 Å². The summed E-state index contributed by atoms with van der Waals surface area (Å²) in [4.78, 5) is 12.3. The van der Waals surface area contributed by atoms with Crippen LogP contribution in [0.3, 0.4) is 0 Å². The first kappa shape index (κ1) is 23.5. The van der Waals surface area contributed by atoms with E-state index >= 15 is 0 Å². The summed E-state index contributed by atoms with van der Waals surface area (Å²) in [6.07, 6.45) is -8.32. The molecule has 170 valence electrons. The zero-order valence-corrected chi connectivity index (χ0v) is 16.3. The van der Waals surface area contributed by atoms with Gasteiger partial charge in [0.15, 0.2) is 0 Å². The summed E-state index contributed by atoms with van der Waals surface area (Å²) in [6, 6.07) is 13.1. The zero-order chi connectivity index (χ0) is 24.2. The Morgan fingerprint density at radius 1 is 1.00 bits per heavy atom. The quantitative estimate of drug-likeness (QED) is 0.268. The van der Waals surface area contributed by atoms with Crippen LogP contribution in [0, 0.1) is 11.3 Å². The maximum Gasteiger partial charge on any atom is 0.573 e. The van der Waals surface area contributed by atoms with Crippen LogP contribution in [0.15, 0.2) is 70.7 Å². The summed E-state index contributed by atoms with van der Waals surface area (Å²) in [6.45, 7) is 0. The Balaban J connectivity index is 1.74. The normalized spacial score (nSPS) is 12.2. The Kier molecular flexibility index (Phi) is 6.48. The minimum absolute atomic E-state index is 0.0306. The summed E-state index contributed by atoms with van der Waals surface area (Å²) < 4.78 is 84.4. The topological polar surface area (TPSA) is 75.3 Å². The van der Waals surface area contributed by atoms with Gasteiger partial charge in [0.05, 0.1) is 5.56 Å². The fraction of sp³-hybridized carbons (Fsp3) is 0.0909. The van der Waals surface area contributed by atoms with Crippen molar-refractivity contribution in [1.82, 2.24) is 0 Å². The minimum atomic E-state index is -4.86. The largest absolute Gasteiger partial charge is 0.573 e. The second-order valence-electron chi connectivity index (χ2n) is 6.48. The maximum absolute atomic E-state index is 12.9.